The van der Waals surface area contributed by atoms with Crippen LogP contribution >= 0.6 is 0 Å². The highest BCUT2D eigenvalue weighted by molar-refractivity contribution is 5.86. The zero-order valence-corrected chi connectivity index (χ0v) is 13.2. The third-order valence-corrected chi connectivity index (χ3v) is 3.03. The highest BCUT2D eigenvalue weighted by Crippen LogP contribution is 2.11. The molecule has 1 aliphatic rings. The van der Waals surface area contributed by atoms with Crippen LogP contribution in [0.15, 0.2) is 0 Å². The average Bonchev–Trinajstić information content (AvgIpc) is 2.34. The van der Waals surface area contributed by atoms with Crippen molar-refractivity contribution in [3.8, 4) is 0 Å². The van der Waals surface area contributed by atoms with Gasteiger partial charge in [-0.25, -0.2) is 4.79 Å². The summed E-state index contributed by atoms with van der Waals surface area (Å²) in [6.07, 6.45) is -0.542. The van der Waals surface area contributed by atoms with Crippen LogP contribution in [-0.4, -0.2) is 54.7 Å². The molecule has 0 radical (unpaired) electrons. The highest BCUT2D eigenvalue weighted by Gasteiger charge is 2.30. The number of nitrogens with one attached hydrogen (secondary N) is 2. The maximum absolute atomic E-state index is 12.5. The van der Waals surface area contributed by atoms with Crippen molar-refractivity contribution >= 4 is 12.0 Å². The van der Waals surface area contributed by atoms with Crippen molar-refractivity contribution in [2.24, 2.45) is 5.92 Å². The Morgan fingerprint density at radius 2 is 1.75 bits per heavy atom. The molecule has 0 bridgehead atoms. The number of amides is 2. The molecule has 0 aromatic carbocycles. The fourth-order valence-corrected chi connectivity index (χ4v) is 2.03. The van der Waals surface area contributed by atoms with E-state index in [2.05, 4.69) is 10.6 Å². The van der Waals surface area contributed by atoms with E-state index in [-0.39, 0.29) is 11.8 Å². The molecule has 2 amide bonds. The van der Waals surface area contributed by atoms with Crippen molar-refractivity contribution in [2.75, 3.05) is 26.2 Å². The molecule has 1 heterocycles. The monoisotopic (exact) mass is 285 g/mol. The van der Waals surface area contributed by atoms with Gasteiger partial charge in [-0.2, -0.15) is 0 Å². The number of piperazine rings is 1. The van der Waals surface area contributed by atoms with Gasteiger partial charge in [0, 0.05) is 26.2 Å². The number of alkyl carbamates (subject to hydrolysis) is 1. The van der Waals surface area contributed by atoms with Crippen LogP contribution in [0.2, 0.25) is 0 Å². The molecule has 1 atom stereocenters. The number of rotatable bonds is 3. The van der Waals surface area contributed by atoms with Gasteiger partial charge in [0.25, 0.3) is 0 Å². The molecule has 0 unspecified atom stereocenters. The predicted octanol–water partition coefficient (Wildman–Crippen LogP) is 0.968. The van der Waals surface area contributed by atoms with E-state index in [1.54, 1.807) is 25.7 Å². The van der Waals surface area contributed by atoms with E-state index in [1.807, 2.05) is 13.8 Å². The van der Waals surface area contributed by atoms with E-state index in [9.17, 15) is 9.59 Å². The second-order valence-electron chi connectivity index (χ2n) is 6.44. The van der Waals surface area contributed by atoms with Gasteiger partial charge in [-0.1, -0.05) is 13.8 Å². The molecule has 20 heavy (non-hydrogen) atoms. The van der Waals surface area contributed by atoms with Crippen LogP contribution < -0.4 is 10.6 Å². The Hall–Kier alpha value is -1.30. The van der Waals surface area contributed by atoms with Crippen LogP contribution in [0.5, 0.6) is 0 Å². The summed E-state index contributed by atoms with van der Waals surface area (Å²) < 4.78 is 5.22. The summed E-state index contributed by atoms with van der Waals surface area (Å²) in [6, 6.07) is -0.539. The smallest absolute Gasteiger partial charge is 0.408 e. The van der Waals surface area contributed by atoms with Gasteiger partial charge in [0.15, 0.2) is 0 Å². The molecule has 0 spiro atoms. The molecular formula is C14H27N3O3. The summed E-state index contributed by atoms with van der Waals surface area (Å²) in [5, 5.41) is 5.90. The molecular weight excluding hydrogens is 258 g/mol. The van der Waals surface area contributed by atoms with Crippen molar-refractivity contribution in [1.29, 1.82) is 0 Å². The Morgan fingerprint density at radius 1 is 1.20 bits per heavy atom. The van der Waals surface area contributed by atoms with E-state index in [0.29, 0.717) is 13.1 Å². The van der Waals surface area contributed by atoms with Crippen LogP contribution in [0.1, 0.15) is 34.6 Å². The van der Waals surface area contributed by atoms with Gasteiger partial charge in [-0.05, 0) is 26.7 Å². The zero-order chi connectivity index (χ0) is 15.3. The molecule has 0 aromatic rings. The van der Waals surface area contributed by atoms with E-state index in [0.717, 1.165) is 13.1 Å². The Bertz CT molecular complexity index is 344. The van der Waals surface area contributed by atoms with Gasteiger partial charge in [-0.3, -0.25) is 4.79 Å². The Labute approximate surface area is 121 Å². The Kier molecular flexibility index (Phi) is 5.80. The third kappa shape index (κ3) is 5.36. The third-order valence-electron chi connectivity index (χ3n) is 3.03. The van der Waals surface area contributed by atoms with Crippen molar-refractivity contribution in [2.45, 2.75) is 46.3 Å². The number of hydrogen-bond donors (Lipinski definition) is 2. The molecule has 0 aliphatic carbocycles. The fourth-order valence-electron chi connectivity index (χ4n) is 2.03. The van der Waals surface area contributed by atoms with Crippen LogP contribution in [0.3, 0.4) is 0 Å². The second kappa shape index (κ2) is 6.92. The predicted molar refractivity (Wildman–Crippen MR) is 77.4 cm³/mol. The maximum Gasteiger partial charge on any atom is 0.408 e. The molecule has 6 nitrogen and oxygen atoms in total. The number of carbonyl (C=O) groups is 2. The van der Waals surface area contributed by atoms with E-state index in [4.69, 9.17) is 4.74 Å². The largest absolute Gasteiger partial charge is 0.444 e. The number of hydrogen-bond acceptors (Lipinski definition) is 4. The standard InChI is InChI=1S/C14H27N3O3/c1-10(2)11(16-13(19)20-14(3,4)5)12(18)17-8-6-15-7-9-17/h10-11,15H,6-9H2,1-5H3,(H,16,19)/t11-/m1/s1. The van der Waals surface area contributed by atoms with E-state index >= 15 is 0 Å². The Balaban J connectivity index is 2.63. The van der Waals surface area contributed by atoms with Crippen molar-refractivity contribution in [3.63, 3.8) is 0 Å². The van der Waals surface area contributed by atoms with Gasteiger partial charge < -0.3 is 20.3 Å². The number of carbonyl (C=O) groups excluding carboxylic acids is 2. The van der Waals surface area contributed by atoms with Crippen molar-refractivity contribution < 1.29 is 14.3 Å². The molecule has 1 rings (SSSR count). The molecule has 0 saturated carbocycles. The first kappa shape index (κ1) is 16.8. The van der Waals surface area contributed by atoms with Crippen molar-refractivity contribution in [3.05, 3.63) is 0 Å². The lowest BCUT2D eigenvalue weighted by Crippen LogP contribution is -2.56. The average molecular weight is 285 g/mol. The first-order valence-corrected chi connectivity index (χ1v) is 7.20. The zero-order valence-electron chi connectivity index (χ0n) is 13.2. The number of ether oxygens (including phenoxy) is 1. The SMILES string of the molecule is CC(C)[C@@H](NC(=O)OC(C)(C)C)C(=O)N1CCNCC1. The van der Waals surface area contributed by atoms with Crippen LogP contribution in [0, 0.1) is 5.92 Å². The molecule has 1 saturated heterocycles. The Morgan fingerprint density at radius 3 is 2.20 bits per heavy atom. The number of nitrogens with zero attached hydrogens (tertiary/aromatic N) is 1. The fraction of sp³-hybridized carbons (Fsp3) is 0.857. The normalized spacial score (nSPS) is 17.8. The topological polar surface area (TPSA) is 70.7 Å². The molecule has 2 N–H and O–H groups in total. The second-order valence-corrected chi connectivity index (χ2v) is 6.44. The first-order chi connectivity index (χ1) is 9.20. The first-order valence-electron chi connectivity index (χ1n) is 7.20. The quantitative estimate of drug-likeness (QED) is 0.810. The van der Waals surface area contributed by atoms with Gasteiger partial charge in [0.1, 0.15) is 11.6 Å². The summed E-state index contributed by atoms with van der Waals surface area (Å²) in [5.41, 5.74) is -0.566. The van der Waals surface area contributed by atoms with E-state index < -0.39 is 17.7 Å². The summed E-state index contributed by atoms with van der Waals surface area (Å²) in [5.74, 6) is -0.0164. The lowest BCUT2D eigenvalue weighted by atomic mass is 10.0. The van der Waals surface area contributed by atoms with Crippen LogP contribution in [0.4, 0.5) is 4.79 Å². The van der Waals surface area contributed by atoms with Gasteiger partial charge >= 0.3 is 6.09 Å². The van der Waals surface area contributed by atoms with Crippen molar-refractivity contribution in [1.82, 2.24) is 15.5 Å². The minimum absolute atomic E-state index is 0.0184. The molecule has 116 valence electrons. The summed E-state index contributed by atoms with van der Waals surface area (Å²) in [4.78, 5) is 26.1. The minimum atomic E-state index is -0.566. The maximum atomic E-state index is 12.5. The molecule has 1 fully saturated rings. The lowest BCUT2D eigenvalue weighted by Gasteiger charge is -2.33. The highest BCUT2D eigenvalue weighted by atomic mass is 16.6. The van der Waals surface area contributed by atoms with Crippen LogP contribution in [-0.2, 0) is 9.53 Å². The van der Waals surface area contributed by atoms with Gasteiger partial charge in [0.2, 0.25) is 5.91 Å². The summed E-state index contributed by atoms with van der Waals surface area (Å²) in [6.45, 7) is 12.2. The van der Waals surface area contributed by atoms with E-state index in [1.165, 1.54) is 0 Å². The van der Waals surface area contributed by atoms with Gasteiger partial charge in [0.05, 0.1) is 0 Å². The molecule has 0 aromatic heterocycles. The summed E-state index contributed by atoms with van der Waals surface area (Å²) >= 11 is 0. The minimum Gasteiger partial charge on any atom is -0.444 e. The molecule has 1 aliphatic heterocycles. The lowest BCUT2D eigenvalue weighted by molar-refractivity contribution is -0.135. The summed E-state index contributed by atoms with van der Waals surface area (Å²) in [7, 11) is 0. The van der Waals surface area contributed by atoms with Crippen LogP contribution in [0.25, 0.3) is 0 Å². The molecule has 6 heteroatoms. The van der Waals surface area contributed by atoms with Gasteiger partial charge in [-0.15, -0.1) is 0 Å².